The van der Waals surface area contributed by atoms with Gasteiger partial charge in [0.2, 0.25) is 5.91 Å². The molecule has 0 aliphatic heterocycles. The molecule has 0 aliphatic carbocycles. The second kappa shape index (κ2) is 6.39. The number of para-hydroxylation sites is 1. The Morgan fingerprint density at radius 3 is 2.61 bits per heavy atom. The Bertz CT molecular complexity index is 831. The van der Waals surface area contributed by atoms with Gasteiger partial charge in [-0.2, -0.15) is 5.10 Å². The summed E-state index contributed by atoms with van der Waals surface area (Å²) in [7, 11) is 0. The summed E-state index contributed by atoms with van der Waals surface area (Å²) in [5.41, 5.74) is 0.990. The van der Waals surface area contributed by atoms with Gasteiger partial charge in [0, 0.05) is 18.3 Å². The first-order valence-electron chi connectivity index (χ1n) is 6.97. The third kappa shape index (κ3) is 3.60. The molecule has 3 rings (SSSR count). The topological polar surface area (TPSA) is 46.9 Å². The van der Waals surface area contributed by atoms with E-state index in [1.54, 1.807) is 16.9 Å². The number of benzene rings is 2. The summed E-state index contributed by atoms with van der Waals surface area (Å²) < 4.78 is 28.0. The average molecular weight is 313 g/mol. The minimum Gasteiger partial charge on any atom is -0.309 e. The van der Waals surface area contributed by atoms with E-state index < -0.39 is 17.5 Å². The van der Waals surface area contributed by atoms with E-state index in [0.29, 0.717) is 5.82 Å². The number of hydrogen-bond acceptors (Lipinski definition) is 2. The highest BCUT2D eigenvalue weighted by Gasteiger charge is 2.11. The average Bonchev–Trinajstić information content (AvgIpc) is 2.99. The van der Waals surface area contributed by atoms with Gasteiger partial charge in [0.25, 0.3) is 0 Å². The summed E-state index contributed by atoms with van der Waals surface area (Å²) in [6.45, 7) is 0. The summed E-state index contributed by atoms with van der Waals surface area (Å²) in [5, 5.41) is 6.82. The Balaban J connectivity index is 1.68. The minimum atomic E-state index is -0.741. The fraction of sp³-hybridized carbons (Fsp3) is 0.0588. The third-order valence-corrected chi connectivity index (χ3v) is 3.24. The zero-order chi connectivity index (χ0) is 16.2. The molecule has 1 amide bonds. The first kappa shape index (κ1) is 14.9. The number of rotatable bonds is 4. The molecule has 3 aromatic rings. The van der Waals surface area contributed by atoms with Crippen LogP contribution in [0.3, 0.4) is 0 Å². The Hall–Kier alpha value is -3.02. The smallest absolute Gasteiger partial charge is 0.230 e. The molecule has 23 heavy (non-hydrogen) atoms. The van der Waals surface area contributed by atoms with Gasteiger partial charge in [-0.3, -0.25) is 4.79 Å². The van der Waals surface area contributed by atoms with Crippen molar-refractivity contribution >= 4 is 11.7 Å². The van der Waals surface area contributed by atoms with Crippen LogP contribution in [0.5, 0.6) is 0 Å². The number of carbonyl (C=O) groups excluding carboxylic acids is 1. The van der Waals surface area contributed by atoms with Crippen LogP contribution < -0.4 is 5.32 Å². The van der Waals surface area contributed by atoms with Crippen LogP contribution in [0.4, 0.5) is 14.6 Å². The molecule has 116 valence electrons. The number of nitrogens with zero attached hydrogens (tertiary/aromatic N) is 2. The lowest BCUT2D eigenvalue weighted by atomic mass is 10.1. The van der Waals surface area contributed by atoms with Gasteiger partial charge in [0.1, 0.15) is 11.6 Å². The van der Waals surface area contributed by atoms with E-state index in [4.69, 9.17) is 0 Å². The number of amides is 1. The first-order valence-corrected chi connectivity index (χ1v) is 6.97. The van der Waals surface area contributed by atoms with Crippen LogP contribution >= 0.6 is 0 Å². The van der Waals surface area contributed by atoms with Crippen molar-refractivity contribution in [1.29, 1.82) is 0 Å². The molecule has 1 aromatic heterocycles. The summed E-state index contributed by atoms with van der Waals surface area (Å²) in [6, 6.07) is 14.2. The standard InChI is InChI=1S/C17H13F2N3O/c18-13-7-6-12(15(19)11-13)10-17(23)20-16-8-9-22(21-16)14-4-2-1-3-5-14/h1-9,11H,10H2,(H,20,21,23). The van der Waals surface area contributed by atoms with Crippen LogP contribution in [-0.4, -0.2) is 15.7 Å². The Morgan fingerprint density at radius 2 is 1.87 bits per heavy atom. The fourth-order valence-corrected chi connectivity index (χ4v) is 2.14. The van der Waals surface area contributed by atoms with Crippen LogP contribution in [-0.2, 0) is 11.2 Å². The van der Waals surface area contributed by atoms with Crippen molar-refractivity contribution in [2.45, 2.75) is 6.42 Å². The molecular weight excluding hydrogens is 300 g/mol. The predicted octanol–water partition coefficient (Wildman–Crippen LogP) is 3.33. The number of nitrogens with one attached hydrogen (secondary N) is 1. The normalized spacial score (nSPS) is 10.5. The molecule has 0 bridgehead atoms. The molecule has 6 heteroatoms. The van der Waals surface area contributed by atoms with Crippen molar-refractivity contribution < 1.29 is 13.6 Å². The Morgan fingerprint density at radius 1 is 1.09 bits per heavy atom. The number of anilines is 1. The van der Waals surface area contributed by atoms with Gasteiger partial charge in [0.05, 0.1) is 12.1 Å². The summed E-state index contributed by atoms with van der Waals surface area (Å²) in [6.07, 6.45) is 1.52. The zero-order valence-electron chi connectivity index (χ0n) is 12.0. The molecule has 1 heterocycles. The maximum absolute atomic E-state index is 13.5. The van der Waals surface area contributed by atoms with Gasteiger partial charge in [-0.05, 0) is 23.8 Å². The highest BCUT2D eigenvalue weighted by Crippen LogP contribution is 2.13. The third-order valence-electron chi connectivity index (χ3n) is 3.24. The highest BCUT2D eigenvalue weighted by molar-refractivity contribution is 5.91. The number of carbonyl (C=O) groups is 1. The molecule has 0 spiro atoms. The molecule has 0 atom stereocenters. The highest BCUT2D eigenvalue weighted by atomic mass is 19.1. The van der Waals surface area contributed by atoms with Crippen molar-refractivity contribution in [1.82, 2.24) is 9.78 Å². The minimum absolute atomic E-state index is 0.131. The lowest BCUT2D eigenvalue weighted by molar-refractivity contribution is -0.115. The molecule has 0 saturated heterocycles. The van der Waals surface area contributed by atoms with Crippen molar-refractivity contribution in [2.24, 2.45) is 0 Å². The lowest BCUT2D eigenvalue weighted by Gasteiger charge is -2.04. The molecular formula is C17H13F2N3O. The van der Waals surface area contributed by atoms with Crippen molar-refractivity contribution in [2.75, 3.05) is 5.32 Å². The van der Waals surface area contributed by atoms with Crippen LogP contribution in [0.15, 0.2) is 60.8 Å². The Kier molecular flexibility index (Phi) is 4.14. The maximum atomic E-state index is 13.5. The maximum Gasteiger partial charge on any atom is 0.230 e. The van der Waals surface area contributed by atoms with E-state index in [0.717, 1.165) is 17.8 Å². The summed E-state index contributed by atoms with van der Waals surface area (Å²) in [4.78, 5) is 11.9. The summed E-state index contributed by atoms with van der Waals surface area (Å²) in [5.74, 6) is -1.47. The molecule has 0 fully saturated rings. The largest absolute Gasteiger partial charge is 0.309 e. The lowest BCUT2D eigenvalue weighted by Crippen LogP contribution is -2.16. The van der Waals surface area contributed by atoms with Crippen molar-refractivity contribution in [3.8, 4) is 5.69 Å². The second-order valence-electron chi connectivity index (χ2n) is 4.94. The molecule has 4 nitrogen and oxygen atoms in total. The SMILES string of the molecule is O=C(Cc1ccc(F)cc1F)Nc1ccn(-c2ccccc2)n1. The molecule has 0 unspecified atom stereocenters. The van der Waals surface area contributed by atoms with Gasteiger partial charge in [-0.1, -0.05) is 24.3 Å². The number of aromatic nitrogens is 2. The van der Waals surface area contributed by atoms with E-state index in [-0.39, 0.29) is 12.0 Å². The van der Waals surface area contributed by atoms with Crippen LogP contribution in [0.2, 0.25) is 0 Å². The van der Waals surface area contributed by atoms with E-state index in [2.05, 4.69) is 10.4 Å². The van der Waals surface area contributed by atoms with E-state index >= 15 is 0 Å². The van der Waals surface area contributed by atoms with E-state index in [9.17, 15) is 13.6 Å². The van der Waals surface area contributed by atoms with E-state index in [1.165, 1.54) is 6.07 Å². The molecule has 0 radical (unpaired) electrons. The second-order valence-corrected chi connectivity index (χ2v) is 4.94. The van der Waals surface area contributed by atoms with Gasteiger partial charge in [0.15, 0.2) is 5.82 Å². The van der Waals surface area contributed by atoms with Gasteiger partial charge < -0.3 is 5.32 Å². The van der Waals surface area contributed by atoms with Crippen molar-refractivity contribution in [3.05, 3.63) is 78.0 Å². The molecule has 2 aromatic carbocycles. The van der Waals surface area contributed by atoms with Crippen LogP contribution in [0.1, 0.15) is 5.56 Å². The number of hydrogen-bond donors (Lipinski definition) is 1. The van der Waals surface area contributed by atoms with Crippen molar-refractivity contribution in [3.63, 3.8) is 0 Å². The van der Waals surface area contributed by atoms with Crippen LogP contribution in [0, 0.1) is 11.6 Å². The Labute approximate surface area is 131 Å². The van der Waals surface area contributed by atoms with Crippen LogP contribution in [0.25, 0.3) is 5.69 Å². The molecule has 1 N–H and O–H groups in total. The number of halogens is 2. The predicted molar refractivity (Wildman–Crippen MR) is 82.3 cm³/mol. The van der Waals surface area contributed by atoms with Gasteiger partial charge in [-0.25, -0.2) is 13.5 Å². The van der Waals surface area contributed by atoms with E-state index in [1.807, 2.05) is 30.3 Å². The van der Waals surface area contributed by atoms with Gasteiger partial charge in [-0.15, -0.1) is 0 Å². The monoisotopic (exact) mass is 313 g/mol. The zero-order valence-corrected chi connectivity index (χ0v) is 12.0. The van der Waals surface area contributed by atoms with Gasteiger partial charge >= 0.3 is 0 Å². The first-order chi connectivity index (χ1) is 11.1. The molecule has 0 aliphatic rings. The quantitative estimate of drug-likeness (QED) is 0.803. The summed E-state index contributed by atoms with van der Waals surface area (Å²) >= 11 is 0. The molecule has 0 saturated carbocycles. The fourth-order valence-electron chi connectivity index (χ4n) is 2.14.